The molecule has 36 heavy (non-hydrogen) atoms. The molecule has 4 nitrogen and oxygen atoms in total. The number of pyridine rings is 2. The van der Waals surface area contributed by atoms with E-state index in [1.807, 2.05) is 30.5 Å². The fourth-order valence-corrected chi connectivity index (χ4v) is 3.42. The number of hydrogen-bond acceptors (Lipinski definition) is 4. The van der Waals surface area contributed by atoms with E-state index in [0.717, 1.165) is 45.4 Å². The molecule has 0 unspecified atom stereocenters. The van der Waals surface area contributed by atoms with Crippen LogP contribution in [-0.2, 0) is 11.8 Å². The molecule has 2 aromatic heterocycles. The molecule has 188 valence electrons. The molecule has 0 radical (unpaired) electrons. The van der Waals surface area contributed by atoms with Crippen LogP contribution in [0.5, 0.6) is 11.5 Å². The Morgan fingerprint density at radius 1 is 0.639 bits per heavy atom. The second-order valence-electron chi connectivity index (χ2n) is 7.40. The standard InChI is InChI=1S/C14H13F2NO.C13H10BrF2NO/c1-2-10-3-8-13(17-9-10)11-4-6-12(7-5-11)18-14(15)16;14-7-9-1-6-12(17-8-9)10-2-4-11(5-3-10)18-13(15)16/h3-9,14H,2H2,1H3;1-6,8,13H,7H2. The van der Waals surface area contributed by atoms with Crippen molar-refractivity contribution in [3.05, 3.63) is 96.3 Å². The molecule has 0 aliphatic heterocycles. The fourth-order valence-electron chi connectivity index (χ4n) is 3.09. The lowest BCUT2D eigenvalue weighted by Crippen LogP contribution is -2.01. The van der Waals surface area contributed by atoms with E-state index >= 15 is 0 Å². The summed E-state index contributed by atoms with van der Waals surface area (Å²) in [6.07, 6.45) is 4.53. The van der Waals surface area contributed by atoms with Crippen LogP contribution in [0.25, 0.3) is 22.5 Å². The van der Waals surface area contributed by atoms with Crippen LogP contribution >= 0.6 is 15.9 Å². The highest BCUT2D eigenvalue weighted by molar-refractivity contribution is 9.08. The van der Waals surface area contributed by atoms with E-state index in [4.69, 9.17) is 0 Å². The molecular weight excluding hydrogens is 540 g/mol. The van der Waals surface area contributed by atoms with Crippen molar-refractivity contribution < 1.29 is 27.0 Å². The van der Waals surface area contributed by atoms with Gasteiger partial charge in [-0.15, -0.1) is 0 Å². The number of aromatic nitrogens is 2. The van der Waals surface area contributed by atoms with Crippen molar-refractivity contribution >= 4 is 15.9 Å². The fraction of sp³-hybridized carbons (Fsp3) is 0.185. The quantitative estimate of drug-likeness (QED) is 0.160. The van der Waals surface area contributed by atoms with Crippen molar-refractivity contribution in [1.82, 2.24) is 9.97 Å². The van der Waals surface area contributed by atoms with Crippen LogP contribution < -0.4 is 9.47 Å². The first kappa shape index (κ1) is 27.1. The molecule has 0 saturated carbocycles. The number of ether oxygens (including phenoxy) is 2. The van der Waals surface area contributed by atoms with E-state index in [0.29, 0.717) is 0 Å². The van der Waals surface area contributed by atoms with Crippen LogP contribution in [0.1, 0.15) is 18.1 Å². The first-order chi connectivity index (χ1) is 17.4. The highest BCUT2D eigenvalue weighted by Crippen LogP contribution is 2.23. The smallest absolute Gasteiger partial charge is 0.387 e. The topological polar surface area (TPSA) is 44.2 Å². The van der Waals surface area contributed by atoms with Crippen LogP contribution in [0, 0.1) is 0 Å². The van der Waals surface area contributed by atoms with Gasteiger partial charge in [0.25, 0.3) is 0 Å². The minimum Gasteiger partial charge on any atom is -0.435 e. The molecule has 0 fully saturated rings. The first-order valence-corrected chi connectivity index (χ1v) is 12.1. The zero-order chi connectivity index (χ0) is 25.9. The highest BCUT2D eigenvalue weighted by atomic mass is 79.9. The Morgan fingerprint density at radius 3 is 1.36 bits per heavy atom. The van der Waals surface area contributed by atoms with Gasteiger partial charge in [-0.1, -0.05) is 35.0 Å². The van der Waals surface area contributed by atoms with Crippen LogP contribution in [0.2, 0.25) is 0 Å². The van der Waals surface area contributed by atoms with Gasteiger partial charge in [0.2, 0.25) is 0 Å². The first-order valence-electron chi connectivity index (χ1n) is 10.9. The van der Waals surface area contributed by atoms with Crippen LogP contribution in [-0.4, -0.2) is 23.2 Å². The number of hydrogen-bond donors (Lipinski definition) is 0. The molecule has 0 atom stereocenters. The van der Waals surface area contributed by atoms with E-state index in [1.165, 1.54) is 24.3 Å². The molecule has 0 aliphatic carbocycles. The van der Waals surface area contributed by atoms with E-state index in [1.54, 1.807) is 30.5 Å². The van der Waals surface area contributed by atoms with E-state index in [2.05, 4.69) is 42.3 Å². The van der Waals surface area contributed by atoms with Crippen molar-refractivity contribution in [3.8, 4) is 34.0 Å². The van der Waals surface area contributed by atoms with Gasteiger partial charge >= 0.3 is 13.2 Å². The number of nitrogens with zero attached hydrogens (tertiary/aromatic N) is 2. The van der Waals surface area contributed by atoms with Crippen LogP contribution in [0.4, 0.5) is 17.6 Å². The normalized spacial score (nSPS) is 10.7. The maximum atomic E-state index is 12.0. The molecule has 0 N–H and O–H groups in total. The van der Waals surface area contributed by atoms with Gasteiger partial charge in [0.15, 0.2) is 0 Å². The molecule has 0 spiro atoms. The number of halogens is 5. The Labute approximate surface area is 215 Å². The molecule has 0 aliphatic rings. The zero-order valence-electron chi connectivity index (χ0n) is 19.3. The Kier molecular flexibility index (Phi) is 10.2. The lowest BCUT2D eigenvalue weighted by Gasteiger charge is -2.06. The Bertz CT molecular complexity index is 1090. The van der Waals surface area contributed by atoms with Gasteiger partial charge in [0.05, 0.1) is 11.4 Å². The summed E-state index contributed by atoms with van der Waals surface area (Å²) in [7, 11) is 0. The summed E-state index contributed by atoms with van der Waals surface area (Å²) in [5.41, 5.74) is 5.59. The summed E-state index contributed by atoms with van der Waals surface area (Å²) in [6.45, 7) is -3.53. The molecule has 0 saturated heterocycles. The van der Waals surface area contributed by atoms with E-state index < -0.39 is 13.2 Å². The van der Waals surface area contributed by atoms with Gasteiger partial charge in [-0.2, -0.15) is 17.6 Å². The third-order valence-corrected chi connectivity index (χ3v) is 5.61. The highest BCUT2D eigenvalue weighted by Gasteiger charge is 2.06. The summed E-state index contributed by atoms with van der Waals surface area (Å²) < 4.78 is 56.5. The van der Waals surface area contributed by atoms with Gasteiger partial charge in [-0.25, -0.2) is 0 Å². The summed E-state index contributed by atoms with van der Waals surface area (Å²) in [5, 5.41) is 0.751. The van der Waals surface area contributed by atoms with Crippen molar-refractivity contribution in [2.24, 2.45) is 0 Å². The molecule has 9 heteroatoms. The molecule has 4 aromatic rings. The average Bonchev–Trinajstić information content (AvgIpc) is 2.89. The van der Waals surface area contributed by atoms with Crippen LogP contribution in [0.15, 0.2) is 85.2 Å². The van der Waals surface area contributed by atoms with Gasteiger partial charge in [0.1, 0.15) is 11.5 Å². The van der Waals surface area contributed by atoms with E-state index in [-0.39, 0.29) is 11.5 Å². The SMILES string of the molecule is CCc1ccc(-c2ccc(OC(F)F)cc2)nc1.FC(F)Oc1ccc(-c2ccc(CBr)cn2)cc1. The third kappa shape index (κ3) is 8.34. The Hall–Kier alpha value is -3.46. The molecular formula is C27H23BrF4N2O2. The predicted octanol–water partition coefficient (Wildman–Crippen LogP) is 8.16. The lowest BCUT2D eigenvalue weighted by molar-refractivity contribution is -0.0505. The van der Waals surface area contributed by atoms with Crippen LogP contribution in [0.3, 0.4) is 0 Å². The molecule has 4 rings (SSSR count). The summed E-state index contributed by atoms with van der Waals surface area (Å²) in [5.74, 6) is 0.296. The zero-order valence-corrected chi connectivity index (χ0v) is 20.8. The predicted molar refractivity (Wildman–Crippen MR) is 135 cm³/mol. The van der Waals surface area contributed by atoms with Crippen molar-refractivity contribution in [1.29, 1.82) is 0 Å². The molecule has 0 amide bonds. The minimum absolute atomic E-state index is 0.144. The summed E-state index contributed by atoms with van der Waals surface area (Å²) in [6, 6.07) is 20.6. The molecule has 0 bridgehead atoms. The van der Waals surface area contributed by atoms with Gasteiger partial charge in [0, 0.05) is 28.9 Å². The van der Waals surface area contributed by atoms with Crippen molar-refractivity contribution in [2.75, 3.05) is 0 Å². The monoisotopic (exact) mass is 562 g/mol. The van der Waals surface area contributed by atoms with Gasteiger partial charge in [-0.05, 0) is 78.2 Å². The second kappa shape index (κ2) is 13.6. The van der Waals surface area contributed by atoms with Crippen molar-refractivity contribution in [3.63, 3.8) is 0 Å². The Balaban J connectivity index is 0.000000201. The maximum Gasteiger partial charge on any atom is 0.387 e. The largest absolute Gasteiger partial charge is 0.435 e. The van der Waals surface area contributed by atoms with Crippen molar-refractivity contribution in [2.45, 2.75) is 31.9 Å². The Morgan fingerprint density at radius 2 is 1.06 bits per heavy atom. The average molecular weight is 563 g/mol. The minimum atomic E-state index is -2.80. The van der Waals surface area contributed by atoms with Gasteiger partial charge < -0.3 is 9.47 Å². The lowest BCUT2D eigenvalue weighted by atomic mass is 10.1. The number of alkyl halides is 5. The summed E-state index contributed by atoms with van der Waals surface area (Å²) in [4.78, 5) is 8.61. The summed E-state index contributed by atoms with van der Waals surface area (Å²) >= 11 is 3.34. The maximum absolute atomic E-state index is 12.0. The number of benzene rings is 2. The molecule has 2 heterocycles. The number of aryl methyl sites for hydroxylation is 1. The number of rotatable bonds is 8. The van der Waals surface area contributed by atoms with Gasteiger partial charge in [-0.3, -0.25) is 9.97 Å². The second-order valence-corrected chi connectivity index (χ2v) is 7.96. The van der Waals surface area contributed by atoms with E-state index in [9.17, 15) is 17.6 Å². The molecule has 2 aromatic carbocycles. The third-order valence-electron chi connectivity index (χ3n) is 4.96.